The summed E-state index contributed by atoms with van der Waals surface area (Å²) in [6, 6.07) is 12.3. The quantitative estimate of drug-likeness (QED) is 0.0678. The van der Waals surface area contributed by atoms with E-state index in [2.05, 4.69) is 0 Å². The van der Waals surface area contributed by atoms with Crippen LogP contribution in [0.1, 0.15) is 29.7 Å². The van der Waals surface area contributed by atoms with Gasteiger partial charge in [0.2, 0.25) is 12.6 Å². The standard InChI is InChI=1S/C43H50O22/c1-17-39(65-30(48)10-4-18-3-9-23(47)26(11-18)57-2)35(53)38(56)41(59-17)58-16-29-32(50)34(52)37(55)43(64-29)62-27-14-22-24(60-40(27)19-5-7-20(45)8-6-19)12-21(46)13-25(22)61-42-36(54)33(51)31(49)28(15-44)63-42/h3-14,17,28-29,31-47,49-56H,15-16H2,1-2H3/b10-4+/t17-,28-,29+,31+,32+,33+,34+,35+,36+,37-,38+,39+,40?,41-,42-,43-/m1/s1. The Balaban J connectivity index is 1.06. The molecule has 3 aromatic rings. The Labute approximate surface area is 369 Å². The molecule has 0 saturated carbocycles. The fraction of sp³-hybridized carbons (Fsp3) is 0.465. The monoisotopic (exact) mass is 918 g/mol. The molecule has 3 aromatic carbocycles. The van der Waals surface area contributed by atoms with Crippen molar-refractivity contribution in [3.8, 4) is 34.5 Å². The van der Waals surface area contributed by atoms with E-state index in [1.165, 1.54) is 74.7 Å². The molecule has 4 heterocycles. The molecule has 22 nitrogen and oxygen atoms in total. The third-order valence-electron chi connectivity index (χ3n) is 11.2. The summed E-state index contributed by atoms with van der Waals surface area (Å²) in [7, 11) is 1.36. The van der Waals surface area contributed by atoms with Crippen molar-refractivity contribution in [3.05, 3.63) is 83.1 Å². The second-order valence-corrected chi connectivity index (χ2v) is 15.6. The number of ether oxygens (including phenoxy) is 9. The fourth-order valence-electron chi connectivity index (χ4n) is 7.51. The smallest absolute Gasteiger partial charge is 0.331 e. The Morgan fingerprint density at radius 2 is 1.34 bits per heavy atom. The van der Waals surface area contributed by atoms with Gasteiger partial charge in [0.25, 0.3) is 0 Å². The molecule has 0 radical (unpaired) electrons. The minimum absolute atomic E-state index is 0.0205. The number of hydrogen-bond acceptors (Lipinski definition) is 22. The summed E-state index contributed by atoms with van der Waals surface area (Å²) in [5.41, 5.74) is 0.890. The van der Waals surface area contributed by atoms with Gasteiger partial charge in [0.15, 0.2) is 30.0 Å². The third kappa shape index (κ3) is 10.2. The van der Waals surface area contributed by atoms with Gasteiger partial charge in [-0.25, -0.2) is 4.79 Å². The number of carbonyl (C=O) groups excluding carboxylic acids is 1. The first-order valence-electron chi connectivity index (χ1n) is 20.2. The summed E-state index contributed by atoms with van der Waals surface area (Å²) in [4.78, 5) is 12.7. The normalized spacial score (nSPS) is 34.8. The molecule has 0 aromatic heterocycles. The summed E-state index contributed by atoms with van der Waals surface area (Å²) < 4.78 is 51.5. The molecule has 0 amide bonds. The molecule has 3 saturated heterocycles. The molecule has 3 fully saturated rings. The Morgan fingerprint density at radius 1 is 0.692 bits per heavy atom. The molecular formula is C43H50O22. The molecule has 7 rings (SSSR count). The first-order chi connectivity index (χ1) is 31.0. The molecule has 4 aliphatic heterocycles. The van der Waals surface area contributed by atoms with Crippen LogP contribution >= 0.6 is 0 Å². The van der Waals surface area contributed by atoms with Gasteiger partial charge in [-0.3, -0.25) is 0 Å². The molecule has 0 bridgehead atoms. The number of methoxy groups -OCH3 is 1. The lowest BCUT2D eigenvalue weighted by molar-refractivity contribution is -0.325. The number of hydrogen-bond donors (Lipinski definition) is 12. The van der Waals surface area contributed by atoms with Gasteiger partial charge >= 0.3 is 5.97 Å². The van der Waals surface area contributed by atoms with E-state index in [-0.39, 0.29) is 45.8 Å². The Kier molecular flexibility index (Phi) is 14.7. The Hall–Kier alpha value is -5.31. The van der Waals surface area contributed by atoms with Crippen LogP contribution in [-0.2, 0) is 33.2 Å². The first-order valence-corrected chi connectivity index (χ1v) is 20.2. The molecule has 1 unspecified atom stereocenters. The van der Waals surface area contributed by atoms with Gasteiger partial charge in [-0.2, -0.15) is 0 Å². The molecular weight excluding hydrogens is 868 g/mol. The van der Waals surface area contributed by atoms with E-state index in [9.17, 15) is 66.1 Å². The van der Waals surface area contributed by atoms with E-state index in [4.69, 9.17) is 42.6 Å². The highest BCUT2D eigenvalue weighted by molar-refractivity contribution is 5.87. The predicted octanol–water partition coefficient (Wildman–Crippen LogP) is -1.60. The van der Waals surface area contributed by atoms with E-state index in [1.807, 2.05) is 0 Å². The van der Waals surface area contributed by atoms with Crippen molar-refractivity contribution in [2.45, 2.75) is 105 Å². The van der Waals surface area contributed by atoms with Crippen LogP contribution < -0.4 is 14.2 Å². The average Bonchev–Trinajstić information content (AvgIpc) is 3.29. The molecule has 22 heteroatoms. The summed E-state index contributed by atoms with van der Waals surface area (Å²) in [5, 5.41) is 126. The highest BCUT2D eigenvalue weighted by atomic mass is 16.7. The van der Waals surface area contributed by atoms with Crippen molar-refractivity contribution in [1.82, 2.24) is 0 Å². The van der Waals surface area contributed by atoms with Crippen molar-refractivity contribution in [3.63, 3.8) is 0 Å². The van der Waals surface area contributed by atoms with Crippen LogP contribution in [0.5, 0.6) is 34.5 Å². The van der Waals surface area contributed by atoms with Gasteiger partial charge in [0, 0.05) is 23.8 Å². The van der Waals surface area contributed by atoms with Gasteiger partial charge in [-0.1, -0.05) is 18.2 Å². The molecule has 0 spiro atoms. The van der Waals surface area contributed by atoms with E-state index in [0.717, 1.165) is 12.1 Å². The van der Waals surface area contributed by atoms with E-state index in [0.29, 0.717) is 11.1 Å². The maximum atomic E-state index is 12.7. The third-order valence-corrected chi connectivity index (χ3v) is 11.2. The number of benzene rings is 3. The van der Waals surface area contributed by atoms with Gasteiger partial charge < -0.3 is 104 Å². The molecule has 354 valence electrons. The minimum Gasteiger partial charge on any atom is -0.508 e. The van der Waals surface area contributed by atoms with Crippen molar-refractivity contribution in [2.24, 2.45) is 0 Å². The van der Waals surface area contributed by atoms with Crippen LogP contribution in [0.3, 0.4) is 0 Å². The summed E-state index contributed by atoms with van der Waals surface area (Å²) in [6.07, 6.45) is -22.3. The SMILES string of the molecule is COc1cc(/C=C/C(=O)O[C@@H]2[C@@H](O)[C@H](O)[C@H](OC[C@@H]3O[C@@H](OC4=Cc5c(cc(O)cc5O[C@@H]5O[C@H](CO)[C@H](O)[C@H](O)[C@@H]5O)OC4c4ccc(O)cc4)[C@H](O)[C@@H](O)[C@H]3O)O[C@@H]2C)ccc1O. The minimum atomic E-state index is -1.92. The molecule has 12 N–H and O–H groups in total. The maximum absolute atomic E-state index is 12.7. The largest absolute Gasteiger partial charge is 0.508 e. The first kappa shape index (κ1) is 47.6. The lowest BCUT2D eigenvalue weighted by atomic mass is 9.98. The van der Waals surface area contributed by atoms with E-state index in [1.54, 1.807) is 0 Å². The number of aromatic hydroxyl groups is 3. The van der Waals surface area contributed by atoms with Crippen molar-refractivity contribution >= 4 is 18.1 Å². The predicted molar refractivity (Wildman–Crippen MR) is 216 cm³/mol. The van der Waals surface area contributed by atoms with Crippen LogP contribution in [0.15, 0.2) is 66.4 Å². The van der Waals surface area contributed by atoms with Gasteiger partial charge in [0.1, 0.15) is 89.8 Å². The fourth-order valence-corrected chi connectivity index (χ4v) is 7.51. The summed E-state index contributed by atoms with van der Waals surface area (Å²) >= 11 is 0. The highest BCUT2D eigenvalue weighted by Gasteiger charge is 2.50. The van der Waals surface area contributed by atoms with Crippen LogP contribution in [0, 0.1) is 0 Å². The number of aliphatic hydroxyl groups is 9. The molecule has 16 atom stereocenters. The number of phenolic OH excluding ortho intramolecular Hbond substituents is 3. The lowest BCUT2D eigenvalue weighted by Gasteiger charge is -2.43. The number of rotatable bonds is 13. The zero-order valence-corrected chi connectivity index (χ0v) is 34.5. The van der Waals surface area contributed by atoms with Crippen molar-refractivity contribution in [2.75, 3.05) is 20.3 Å². The van der Waals surface area contributed by atoms with Gasteiger partial charge in [-0.15, -0.1) is 0 Å². The van der Waals surface area contributed by atoms with E-state index >= 15 is 0 Å². The maximum Gasteiger partial charge on any atom is 0.331 e. The number of fused-ring (bicyclic) bond motifs is 1. The van der Waals surface area contributed by atoms with Crippen molar-refractivity contribution in [1.29, 1.82) is 0 Å². The van der Waals surface area contributed by atoms with Gasteiger partial charge in [0.05, 0.1) is 32.0 Å². The number of esters is 1. The Bertz CT molecular complexity index is 2180. The Morgan fingerprint density at radius 3 is 2.02 bits per heavy atom. The number of phenols is 3. The lowest BCUT2D eigenvalue weighted by Crippen LogP contribution is -2.61. The van der Waals surface area contributed by atoms with Crippen LogP contribution in [0.25, 0.3) is 12.2 Å². The summed E-state index contributed by atoms with van der Waals surface area (Å²) in [5.74, 6) is -1.69. The molecule has 0 aliphatic carbocycles. The topological polar surface area (TPSA) is 343 Å². The molecule has 65 heavy (non-hydrogen) atoms. The number of aliphatic hydroxyl groups excluding tert-OH is 9. The average molecular weight is 919 g/mol. The summed E-state index contributed by atoms with van der Waals surface area (Å²) in [6.45, 7) is 0.0603. The van der Waals surface area contributed by atoms with Crippen LogP contribution in [0.4, 0.5) is 0 Å². The second-order valence-electron chi connectivity index (χ2n) is 15.6. The van der Waals surface area contributed by atoms with Gasteiger partial charge in [-0.05, 0) is 48.9 Å². The highest BCUT2D eigenvalue weighted by Crippen LogP contribution is 2.46. The van der Waals surface area contributed by atoms with Crippen LogP contribution in [-0.4, -0.2) is 180 Å². The zero-order chi connectivity index (χ0) is 46.9. The van der Waals surface area contributed by atoms with E-state index < -0.39 is 117 Å². The van der Waals surface area contributed by atoms with Crippen molar-refractivity contribution < 1.29 is 109 Å². The molecule has 4 aliphatic rings. The van der Waals surface area contributed by atoms with Crippen LogP contribution in [0.2, 0.25) is 0 Å². The second kappa shape index (κ2) is 20.1. The zero-order valence-electron chi connectivity index (χ0n) is 34.5. The number of carbonyl (C=O) groups is 1.